The van der Waals surface area contributed by atoms with E-state index >= 15 is 0 Å². The number of hydrogen-bond acceptors (Lipinski definition) is 4. The molecule has 5 rings (SSSR count). The predicted molar refractivity (Wildman–Crippen MR) is 95.7 cm³/mol. The Kier molecular flexibility index (Phi) is 3.34. The number of aromatic amines is 1. The van der Waals surface area contributed by atoms with Crippen LogP contribution in [0.2, 0.25) is 0 Å². The molecule has 25 heavy (non-hydrogen) atoms. The van der Waals surface area contributed by atoms with Crippen LogP contribution < -0.4 is 0 Å². The Labute approximate surface area is 145 Å². The van der Waals surface area contributed by atoms with Crippen molar-refractivity contribution in [2.75, 3.05) is 6.54 Å². The van der Waals surface area contributed by atoms with E-state index in [1.807, 2.05) is 30.5 Å². The molecule has 1 aliphatic heterocycles. The molecule has 0 fully saturated rings. The molecule has 6 nitrogen and oxygen atoms in total. The van der Waals surface area contributed by atoms with Gasteiger partial charge in [-0.1, -0.05) is 24.3 Å². The van der Waals surface area contributed by atoms with Gasteiger partial charge in [0, 0.05) is 31.2 Å². The van der Waals surface area contributed by atoms with E-state index < -0.39 is 0 Å². The molecule has 0 saturated heterocycles. The minimum atomic E-state index is 0.841. The van der Waals surface area contributed by atoms with E-state index in [1.165, 1.54) is 11.1 Å². The molecule has 0 radical (unpaired) electrons. The lowest BCUT2D eigenvalue weighted by Crippen LogP contribution is -2.33. The summed E-state index contributed by atoms with van der Waals surface area (Å²) in [5.74, 6) is 0. The molecular weight excluding hydrogens is 312 g/mol. The number of nitrogens with one attached hydrogen (secondary N) is 1. The third-order valence-electron chi connectivity index (χ3n) is 4.73. The van der Waals surface area contributed by atoms with E-state index in [1.54, 1.807) is 0 Å². The van der Waals surface area contributed by atoms with Crippen LogP contribution in [0.3, 0.4) is 0 Å². The van der Waals surface area contributed by atoms with E-state index in [2.05, 4.69) is 49.0 Å². The predicted octanol–water partition coefficient (Wildman–Crippen LogP) is 2.84. The molecule has 1 aromatic carbocycles. The molecule has 0 aliphatic carbocycles. The molecule has 1 aliphatic rings. The van der Waals surface area contributed by atoms with Gasteiger partial charge in [-0.2, -0.15) is 10.2 Å². The fraction of sp³-hybridized carbons (Fsp3) is 0.211. The van der Waals surface area contributed by atoms with Gasteiger partial charge in [0.15, 0.2) is 0 Å². The summed E-state index contributed by atoms with van der Waals surface area (Å²) in [6, 6.07) is 16.4. The zero-order chi connectivity index (χ0) is 16.6. The number of aromatic nitrogens is 5. The molecule has 3 aromatic heterocycles. The lowest BCUT2D eigenvalue weighted by atomic mass is 10.2. The second kappa shape index (κ2) is 5.82. The molecule has 4 heterocycles. The van der Waals surface area contributed by atoms with Crippen LogP contribution in [-0.2, 0) is 19.6 Å². The molecular formula is C19H18N6. The number of H-pyrrole nitrogens is 1. The third kappa shape index (κ3) is 2.60. The maximum atomic E-state index is 4.71. The van der Waals surface area contributed by atoms with Crippen LogP contribution in [0.4, 0.5) is 0 Å². The Hall–Kier alpha value is -2.99. The summed E-state index contributed by atoms with van der Waals surface area (Å²) in [5, 5.41) is 13.5. The van der Waals surface area contributed by atoms with E-state index in [4.69, 9.17) is 5.10 Å². The lowest BCUT2D eigenvalue weighted by molar-refractivity contribution is 0.203. The largest absolute Gasteiger partial charge is 0.290 e. The van der Waals surface area contributed by atoms with Gasteiger partial charge in [0.1, 0.15) is 5.69 Å². The highest BCUT2D eigenvalue weighted by Crippen LogP contribution is 2.23. The molecule has 0 unspecified atom stereocenters. The highest BCUT2D eigenvalue weighted by atomic mass is 15.3. The normalized spacial score (nSPS) is 14.7. The standard InChI is InChI=1S/C19H18N6/c1-2-6-16-15(5-1)19(22-21-16)13-24-9-10-25-14(12-24)11-18(23-25)17-7-3-4-8-20-17/h1-8,11H,9-10,12-13H2,(H,21,22). The third-order valence-corrected chi connectivity index (χ3v) is 4.73. The molecule has 0 amide bonds. The minimum Gasteiger partial charge on any atom is -0.290 e. The summed E-state index contributed by atoms with van der Waals surface area (Å²) in [7, 11) is 0. The molecule has 0 atom stereocenters. The van der Waals surface area contributed by atoms with Gasteiger partial charge in [0.25, 0.3) is 0 Å². The first kappa shape index (κ1) is 14.4. The fourth-order valence-electron chi connectivity index (χ4n) is 3.45. The van der Waals surface area contributed by atoms with Crippen molar-refractivity contribution >= 4 is 10.9 Å². The molecule has 124 valence electrons. The molecule has 0 bridgehead atoms. The molecule has 0 spiro atoms. The van der Waals surface area contributed by atoms with E-state index in [-0.39, 0.29) is 0 Å². The van der Waals surface area contributed by atoms with Gasteiger partial charge in [-0.15, -0.1) is 0 Å². The molecule has 6 heteroatoms. The Balaban J connectivity index is 1.38. The summed E-state index contributed by atoms with van der Waals surface area (Å²) >= 11 is 0. The van der Waals surface area contributed by atoms with Crippen molar-refractivity contribution in [2.24, 2.45) is 0 Å². The zero-order valence-electron chi connectivity index (χ0n) is 13.8. The first-order valence-corrected chi connectivity index (χ1v) is 8.49. The number of benzene rings is 1. The summed E-state index contributed by atoms with van der Waals surface area (Å²) < 4.78 is 2.10. The van der Waals surface area contributed by atoms with E-state index in [0.717, 1.165) is 48.8 Å². The number of rotatable bonds is 3. The minimum absolute atomic E-state index is 0.841. The second-order valence-corrected chi connectivity index (χ2v) is 6.39. The highest BCUT2D eigenvalue weighted by molar-refractivity contribution is 5.81. The molecule has 4 aromatic rings. The Morgan fingerprint density at radius 2 is 1.92 bits per heavy atom. The summed E-state index contributed by atoms with van der Waals surface area (Å²) in [4.78, 5) is 6.82. The highest BCUT2D eigenvalue weighted by Gasteiger charge is 2.20. The average molecular weight is 330 g/mol. The van der Waals surface area contributed by atoms with Gasteiger partial charge < -0.3 is 0 Å². The van der Waals surface area contributed by atoms with Crippen molar-refractivity contribution in [1.29, 1.82) is 0 Å². The zero-order valence-corrected chi connectivity index (χ0v) is 13.8. The van der Waals surface area contributed by atoms with Gasteiger partial charge >= 0.3 is 0 Å². The Bertz CT molecular complexity index is 1020. The Morgan fingerprint density at radius 3 is 2.84 bits per heavy atom. The van der Waals surface area contributed by atoms with E-state index in [9.17, 15) is 0 Å². The van der Waals surface area contributed by atoms with Gasteiger partial charge in [-0.3, -0.25) is 19.7 Å². The first-order valence-electron chi connectivity index (χ1n) is 8.49. The second-order valence-electron chi connectivity index (χ2n) is 6.39. The summed E-state index contributed by atoms with van der Waals surface area (Å²) in [5.41, 5.74) is 5.30. The van der Waals surface area contributed by atoms with Crippen molar-refractivity contribution < 1.29 is 0 Å². The monoisotopic (exact) mass is 330 g/mol. The SMILES string of the molecule is c1ccc(-c2cc3n(n2)CCN(Cc2n[nH]c4ccccc24)C3)nc1. The van der Waals surface area contributed by atoms with Crippen LogP contribution in [0.25, 0.3) is 22.3 Å². The van der Waals surface area contributed by atoms with Crippen LogP contribution in [0.15, 0.2) is 54.7 Å². The number of hydrogen-bond donors (Lipinski definition) is 1. The summed E-state index contributed by atoms with van der Waals surface area (Å²) in [6.45, 7) is 3.58. The molecule has 1 N–H and O–H groups in total. The van der Waals surface area contributed by atoms with Crippen LogP contribution in [0, 0.1) is 0 Å². The maximum Gasteiger partial charge on any atom is 0.111 e. The van der Waals surface area contributed by atoms with Gasteiger partial charge in [0.2, 0.25) is 0 Å². The van der Waals surface area contributed by atoms with Gasteiger partial charge in [-0.25, -0.2) is 0 Å². The lowest BCUT2D eigenvalue weighted by Gasteiger charge is -2.26. The molecule has 0 saturated carbocycles. The fourth-order valence-corrected chi connectivity index (χ4v) is 3.45. The average Bonchev–Trinajstić information content (AvgIpc) is 3.27. The van der Waals surface area contributed by atoms with Crippen molar-refractivity contribution in [2.45, 2.75) is 19.6 Å². The Morgan fingerprint density at radius 1 is 1.00 bits per heavy atom. The van der Waals surface area contributed by atoms with Crippen molar-refractivity contribution in [3.05, 3.63) is 66.1 Å². The van der Waals surface area contributed by atoms with Crippen LogP contribution in [0.5, 0.6) is 0 Å². The quantitative estimate of drug-likeness (QED) is 0.627. The van der Waals surface area contributed by atoms with Crippen LogP contribution in [0.1, 0.15) is 11.4 Å². The van der Waals surface area contributed by atoms with E-state index in [0.29, 0.717) is 0 Å². The van der Waals surface area contributed by atoms with Crippen LogP contribution >= 0.6 is 0 Å². The number of para-hydroxylation sites is 1. The van der Waals surface area contributed by atoms with Gasteiger partial charge in [0.05, 0.1) is 29.1 Å². The topological polar surface area (TPSA) is 62.6 Å². The van der Waals surface area contributed by atoms with Crippen molar-refractivity contribution in [3.63, 3.8) is 0 Å². The number of fused-ring (bicyclic) bond motifs is 2. The van der Waals surface area contributed by atoms with Crippen molar-refractivity contribution in [1.82, 2.24) is 29.9 Å². The maximum absolute atomic E-state index is 4.71. The van der Waals surface area contributed by atoms with Gasteiger partial charge in [-0.05, 0) is 24.3 Å². The van der Waals surface area contributed by atoms with Crippen LogP contribution in [-0.4, -0.2) is 36.4 Å². The summed E-state index contributed by atoms with van der Waals surface area (Å²) in [6.07, 6.45) is 1.81. The smallest absolute Gasteiger partial charge is 0.111 e. The number of nitrogens with zero attached hydrogens (tertiary/aromatic N) is 5. The van der Waals surface area contributed by atoms with Crippen molar-refractivity contribution in [3.8, 4) is 11.4 Å². The first-order chi connectivity index (χ1) is 12.4. The number of pyridine rings is 1.